The highest BCUT2D eigenvalue weighted by molar-refractivity contribution is 6.30. The Bertz CT molecular complexity index is 929. The van der Waals surface area contributed by atoms with Gasteiger partial charge in [-0.2, -0.15) is 9.97 Å². The summed E-state index contributed by atoms with van der Waals surface area (Å²) in [6.45, 7) is 0. The Kier molecular flexibility index (Phi) is 4.45. The van der Waals surface area contributed by atoms with Crippen molar-refractivity contribution >= 4 is 11.6 Å². The molecule has 0 N–H and O–H groups in total. The molecule has 2 aromatic carbocycles. The van der Waals surface area contributed by atoms with E-state index in [1.165, 1.54) is 12.1 Å². The van der Waals surface area contributed by atoms with Crippen LogP contribution in [0.5, 0.6) is 0 Å². The van der Waals surface area contributed by atoms with Gasteiger partial charge in [-0.05, 0) is 48.5 Å². The van der Waals surface area contributed by atoms with E-state index in [0.717, 1.165) is 5.56 Å². The van der Waals surface area contributed by atoms with E-state index in [-0.39, 0.29) is 5.82 Å². The van der Waals surface area contributed by atoms with E-state index in [1.54, 1.807) is 24.3 Å². The molecule has 2 heterocycles. The van der Waals surface area contributed by atoms with Crippen molar-refractivity contribution in [1.82, 2.24) is 20.3 Å². The van der Waals surface area contributed by atoms with Crippen molar-refractivity contribution in [2.75, 3.05) is 0 Å². The summed E-state index contributed by atoms with van der Waals surface area (Å²) >= 11 is 5.87. The minimum Gasteiger partial charge on any atom is -0.339 e. The summed E-state index contributed by atoms with van der Waals surface area (Å²) < 4.78 is 23.4. The van der Waals surface area contributed by atoms with Crippen LogP contribution in [0.1, 0.15) is 11.8 Å². The lowest BCUT2D eigenvalue weighted by Crippen LogP contribution is -1.92. The van der Waals surface area contributed by atoms with Crippen LogP contribution in [0.3, 0.4) is 0 Å². The SMILES string of the molecule is Fc1ccc(-c2noc(CCc3nc(-c4ccc(Cl)cc4)no3)n2)cc1. The number of aromatic nitrogens is 4. The van der Waals surface area contributed by atoms with Crippen molar-refractivity contribution in [3.63, 3.8) is 0 Å². The maximum atomic E-state index is 13.0. The molecule has 0 aliphatic heterocycles. The number of nitrogens with zero attached hydrogens (tertiary/aromatic N) is 4. The minimum absolute atomic E-state index is 0.314. The van der Waals surface area contributed by atoms with Crippen LogP contribution in [0.15, 0.2) is 57.6 Å². The fourth-order valence-electron chi connectivity index (χ4n) is 2.36. The third-order valence-electron chi connectivity index (χ3n) is 3.69. The number of halogens is 2. The second kappa shape index (κ2) is 7.05. The summed E-state index contributed by atoms with van der Waals surface area (Å²) in [6.07, 6.45) is 0.919. The van der Waals surface area contributed by atoms with Gasteiger partial charge in [-0.15, -0.1) is 0 Å². The van der Waals surface area contributed by atoms with Gasteiger partial charge in [0.15, 0.2) is 0 Å². The van der Waals surface area contributed by atoms with Gasteiger partial charge in [0.25, 0.3) is 0 Å². The molecular formula is C18H12ClFN4O2. The fourth-order valence-corrected chi connectivity index (χ4v) is 2.49. The predicted octanol–water partition coefficient (Wildman–Crippen LogP) is 4.36. The van der Waals surface area contributed by atoms with Crippen LogP contribution in [-0.4, -0.2) is 20.3 Å². The zero-order valence-electron chi connectivity index (χ0n) is 13.4. The first-order valence-corrected chi connectivity index (χ1v) is 8.22. The highest BCUT2D eigenvalue weighted by Crippen LogP contribution is 2.20. The second-order valence-electron chi connectivity index (χ2n) is 5.54. The molecule has 8 heteroatoms. The molecule has 130 valence electrons. The van der Waals surface area contributed by atoms with Gasteiger partial charge in [0.05, 0.1) is 0 Å². The molecule has 0 saturated carbocycles. The van der Waals surface area contributed by atoms with Crippen molar-refractivity contribution in [2.45, 2.75) is 12.8 Å². The predicted molar refractivity (Wildman–Crippen MR) is 91.8 cm³/mol. The highest BCUT2D eigenvalue weighted by Gasteiger charge is 2.12. The molecule has 0 atom stereocenters. The van der Waals surface area contributed by atoms with Crippen LogP contribution in [0, 0.1) is 5.82 Å². The molecule has 0 fully saturated rings. The van der Waals surface area contributed by atoms with Crippen molar-refractivity contribution in [1.29, 1.82) is 0 Å². The van der Waals surface area contributed by atoms with Gasteiger partial charge < -0.3 is 9.05 Å². The van der Waals surface area contributed by atoms with Gasteiger partial charge in [0, 0.05) is 29.0 Å². The number of hydrogen-bond donors (Lipinski definition) is 0. The zero-order valence-corrected chi connectivity index (χ0v) is 14.2. The van der Waals surface area contributed by atoms with Gasteiger partial charge >= 0.3 is 0 Å². The summed E-state index contributed by atoms with van der Waals surface area (Å²) in [4.78, 5) is 8.64. The molecule has 0 radical (unpaired) electrons. The topological polar surface area (TPSA) is 77.8 Å². The van der Waals surface area contributed by atoms with Crippen molar-refractivity contribution < 1.29 is 13.4 Å². The molecule has 0 aliphatic carbocycles. The fraction of sp³-hybridized carbons (Fsp3) is 0.111. The summed E-state index contributed by atoms with van der Waals surface area (Å²) in [5, 5.41) is 8.50. The van der Waals surface area contributed by atoms with E-state index in [2.05, 4.69) is 20.3 Å². The summed E-state index contributed by atoms with van der Waals surface area (Å²) in [6, 6.07) is 13.1. The van der Waals surface area contributed by atoms with Crippen LogP contribution in [0.25, 0.3) is 22.8 Å². The second-order valence-corrected chi connectivity index (χ2v) is 5.97. The largest absolute Gasteiger partial charge is 0.339 e. The Hall–Kier alpha value is -3.06. The minimum atomic E-state index is -0.314. The zero-order chi connectivity index (χ0) is 17.9. The monoisotopic (exact) mass is 370 g/mol. The summed E-state index contributed by atoms with van der Waals surface area (Å²) in [5.74, 6) is 1.50. The van der Waals surface area contributed by atoms with E-state index < -0.39 is 0 Å². The Morgan fingerprint density at radius 2 is 1.19 bits per heavy atom. The molecule has 0 spiro atoms. The summed E-state index contributed by atoms with van der Waals surface area (Å²) in [5.41, 5.74) is 1.50. The highest BCUT2D eigenvalue weighted by atomic mass is 35.5. The first-order valence-electron chi connectivity index (χ1n) is 7.84. The maximum absolute atomic E-state index is 13.0. The van der Waals surface area contributed by atoms with Gasteiger partial charge in [-0.25, -0.2) is 4.39 Å². The average molecular weight is 371 g/mol. The lowest BCUT2D eigenvalue weighted by Gasteiger charge is -1.93. The molecule has 0 aliphatic rings. The van der Waals surface area contributed by atoms with E-state index in [9.17, 15) is 4.39 Å². The van der Waals surface area contributed by atoms with E-state index in [0.29, 0.717) is 46.9 Å². The van der Waals surface area contributed by atoms with Crippen molar-refractivity contribution in [3.8, 4) is 22.8 Å². The van der Waals surface area contributed by atoms with Crippen molar-refractivity contribution in [3.05, 3.63) is 71.2 Å². The molecule has 0 unspecified atom stereocenters. The first-order chi connectivity index (χ1) is 12.7. The van der Waals surface area contributed by atoms with Crippen LogP contribution < -0.4 is 0 Å². The average Bonchev–Trinajstić information content (AvgIpc) is 3.31. The van der Waals surface area contributed by atoms with Crippen LogP contribution in [0.4, 0.5) is 4.39 Å². The van der Waals surface area contributed by atoms with E-state index in [4.69, 9.17) is 20.6 Å². The molecule has 6 nitrogen and oxygen atoms in total. The van der Waals surface area contributed by atoms with Gasteiger partial charge in [-0.3, -0.25) is 0 Å². The third kappa shape index (κ3) is 3.62. The van der Waals surface area contributed by atoms with Gasteiger partial charge in [-0.1, -0.05) is 21.9 Å². The molecule has 0 saturated heterocycles. The first kappa shape index (κ1) is 16.4. The summed E-state index contributed by atoms with van der Waals surface area (Å²) in [7, 11) is 0. The smallest absolute Gasteiger partial charge is 0.227 e. The molecule has 2 aromatic heterocycles. The molecule has 4 aromatic rings. The lowest BCUT2D eigenvalue weighted by molar-refractivity contribution is 0.354. The van der Waals surface area contributed by atoms with Crippen LogP contribution in [-0.2, 0) is 12.8 Å². The molecule has 4 rings (SSSR count). The molecule has 26 heavy (non-hydrogen) atoms. The van der Waals surface area contributed by atoms with Crippen LogP contribution >= 0.6 is 11.6 Å². The Morgan fingerprint density at radius 1 is 0.731 bits per heavy atom. The quantitative estimate of drug-likeness (QED) is 0.519. The van der Waals surface area contributed by atoms with E-state index >= 15 is 0 Å². The Morgan fingerprint density at radius 3 is 1.69 bits per heavy atom. The molecule has 0 amide bonds. The number of hydrogen-bond acceptors (Lipinski definition) is 6. The molecular weight excluding hydrogens is 359 g/mol. The molecule has 0 bridgehead atoms. The van der Waals surface area contributed by atoms with Gasteiger partial charge in [0.1, 0.15) is 5.82 Å². The number of benzene rings is 2. The normalized spacial score (nSPS) is 11.0. The van der Waals surface area contributed by atoms with Gasteiger partial charge in [0.2, 0.25) is 23.4 Å². The number of rotatable bonds is 5. The third-order valence-corrected chi connectivity index (χ3v) is 3.95. The number of aryl methyl sites for hydroxylation is 2. The lowest BCUT2D eigenvalue weighted by atomic mass is 10.2. The Balaban J connectivity index is 1.42. The van der Waals surface area contributed by atoms with Crippen LogP contribution in [0.2, 0.25) is 5.02 Å². The standard InChI is InChI=1S/C18H12ClFN4O2/c19-13-5-1-11(2-6-13)17-21-15(25-23-17)9-10-16-22-18(24-26-16)12-3-7-14(20)8-4-12/h1-8H,9-10H2. The van der Waals surface area contributed by atoms with Crippen molar-refractivity contribution in [2.24, 2.45) is 0 Å². The maximum Gasteiger partial charge on any atom is 0.227 e. The Labute approximate surface area is 152 Å². The van der Waals surface area contributed by atoms with E-state index in [1.807, 2.05) is 12.1 Å².